The van der Waals surface area contributed by atoms with Crippen LogP contribution in [0.4, 0.5) is 22.0 Å². The first-order valence-corrected chi connectivity index (χ1v) is 9.38. The molecule has 3 aromatic rings. The quantitative estimate of drug-likeness (QED) is 0.745. The second-order valence-corrected chi connectivity index (χ2v) is 7.16. The molecule has 0 radical (unpaired) electrons. The average Bonchev–Trinajstić information content (AvgIpc) is 3.13. The Morgan fingerprint density at radius 3 is 2.96 bits per heavy atom. The zero-order valence-corrected chi connectivity index (χ0v) is 15.5. The van der Waals surface area contributed by atoms with E-state index in [9.17, 15) is 4.79 Å². The van der Waals surface area contributed by atoms with Crippen molar-refractivity contribution < 1.29 is 4.79 Å². The normalized spacial score (nSPS) is 17.4. The maximum atomic E-state index is 13.1. The summed E-state index contributed by atoms with van der Waals surface area (Å²) in [5, 5.41) is 2.96. The first kappa shape index (κ1) is 16.7. The molecule has 0 aliphatic carbocycles. The minimum Gasteiger partial charge on any atom is -0.366 e. The van der Waals surface area contributed by atoms with E-state index in [1.165, 1.54) is 0 Å². The van der Waals surface area contributed by atoms with E-state index >= 15 is 0 Å². The lowest BCUT2D eigenvalue weighted by atomic mass is 10.1. The van der Waals surface area contributed by atoms with Gasteiger partial charge in [-0.3, -0.25) is 14.9 Å². The molecule has 2 aliphatic heterocycles. The summed E-state index contributed by atoms with van der Waals surface area (Å²) in [6.07, 6.45) is 6.05. The topological polar surface area (TPSA) is 74.2 Å². The highest BCUT2D eigenvalue weighted by molar-refractivity contribution is 6.04. The van der Waals surface area contributed by atoms with Crippen molar-refractivity contribution in [3.63, 3.8) is 0 Å². The smallest absolute Gasteiger partial charge is 0.327 e. The summed E-state index contributed by atoms with van der Waals surface area (Å²) in [5.74, 6) is 0.710. The molecule has 5 heterocycles. The Labute approximate surface area is 163 Å². The number of pyridine rings is 3. The van der Waals surface area contributed by atoms with Crippen molar-refractivity contribution in [2.24, 2.45) is 0 Å². The molecule has 0 saturated carbocycles. The molecular weight excluding hydrogens is 352 g/mol. The Bertz CT molecular complexity index is 1040. The minimum atomic E-state index is -0.170. The van der Waals surface area contributed by atoms with E-state index in [2.05, 4.69) is 26.3 Å². The maximum Gasteiger partial charge on any atom is 0.327 e. The number of aromatic nitrogens is 3. The van der Waals surface area contributed by atoms with Crippen molar-refractivity contribution >= 4 is 23.2 Å². The van der Waals surface area contributed by atoms with Gasteiger partial charge in [0.15, 0.2) is 5.82 Å². The van der Waals surface area contributed by atoms with E-state index in [-0.39, 0.29) is 12.1 Å². The van der Waals surface area contributed by atoms with Gasteiger partial charge in [-0.15, -0.1) is 0 Å². The van der Waals surface area contributed by atoms with E-state index in [1.54, 1.807) is 24.7 Å². The van der Waals surface area contributed by atoms with Crippen LogP contribution in [0, 0.1) is 6.92 Å². The predicted molar refractivity (Wildman–Crippen MR) is 109 cm³/mol. The summed E-state index contributed by atoms with van der Waals surface area (Å²) in [4.78, 5) is 30.5. The molecule has 7 nitrogen and oxygen atoms in total. The van der Waals surface area contributed by atoms with Gasteiger partial charge in [-0.2, -0.15) is 0 Å². The van der Waals surface area contributed by atoms with Crippen molar-refractivity contribution in [2.75, 3.05) is 28.2 Å². The molecule has 28 heavy (non-hydrogen) atoms. The third-order valence-corrected chi connectivity index (χ3v) is 5.28. The molecule has 3 aromatic heterocycles. The molecule has 1 fully saturated rings. The molecule has 140 valence electrons. The lowest BCUT2D eigenvalue weighted by Crippen LogP contribution is -2.48. The maximum absolute atomic E-state index is 13.1. The van der Waals surface area contributed by atoms with E-state index in [1.807, 2.05) is 36.1 Å². The molecule has 1 N–H and O–H groups in total. The monoisotopic (exact) mass is 372 g/mol. The summed E-state index contributed by atoms with van der Waals surface area (Å²) in [6.45, 7) is 3.73. The number of nitrogens with zero attached hydrogens (tertiary/aromatic N) is 5. The zero-order valence-electron chi connectivity index (χ0n) is 15.5. The van der Waals surface area contributed by atoms with E-state index in [0.717, 1.165) is 42.1 Å². The van der Waals surface area contributed by atoms with Gasteiger partial charge >= 0.3 is 6.03 Å². The molecule has 1 atom stereocenters. The standard InChI is InChI=1S/C21H20N6O/c1-14-11-15(6-9-23-14)18-4-5-19-20(25-18)27(17-7-10-26(19)13-17)21(28)24-16-3-2-8-22-12-16/h2-6,8-9,11-12,17H,7,10,13H2,1H3,(H,24,28)/t17-/m1/s1. The molecule has 0 aromatic carbocycles. The largest absolute Gasteiger partial charge is 0.366 e. The average molecular weight is 372 g/mol. The summed E-state index contributed by atoms with van der Waals surface area (Å²) in [6, 6.07) is 11.6. The highest BCUT2D eigenvalue weighted by Gasteiger charge is 2.40. The van der Waals surface area contributed by atoms with Gasteiger partial charge in [0.25, 0.3) is 0 Å². The van der Waals surface area contributed by atoms with Gasteiger partial charge in [0.05, 0.1) is 29.3 Å². The highest BCUT2D eigenvalue weighted by Crippen LogP contribution is 2.40. The van der Waals surface area contributed by atoms with Crippen LogP contribution in [0.1, 0.15) is 12.1 Å². The molecule has 2 bridgehead atoms. The van der Waals surface area contributed by atoms with E-state index < -0.39 is 0 Å². The van der Waals surface area contributed by atoms with Crippen LogP contribution in [0.15, 0.2) is 55.0 Å². The molecule has 0 unspecified atom stereocenters. The number of nitrogens with one attached hydrogen (secondary N) is 1. The Kier molecular flexibility index (Phi) is 3.93. The highest BCUT2D eigenvalue weighted by atomic mass is 16.2. The van der Waals surface area contributed by atoms with Crippen LogP contribution in [0.5, 0.6) is 0 Å². The third kappa shape index (κ3) is 2.85. The number of aryl methyl sites for hydroxylation is 1. The summed E-state index contributed by atoms with van der Waals surface area (Å²) < 4.78 is 0. The molecule has 5 rings (SSSR count). The van der Waals surface area contributed by atoms with E-state index in [4.69, 9.17) is 4.98 Å². The first-order valence-electron chi connectivity index (χ1n) is 9.38. The number of rotatable bonds is 2. The SMILES string of the molecule is Cc1cc(-c2ccc3c(n2)N(C(=O)Nc2cccnc2)[C@@H]2CCN3C2)ccn1. The Hall–Kier alpha value is -3.48. The van der Waals surface area contributed by atoms with Gasteiger partial charge in [-0.05, 0) is 49.7 Å². The molecule has 1 saturated heterocycles. The molecule has 2 amide bonds. The number of urea groups is 1. The molecule has 2 aliphatic rings. The second-order valence-electron chi connectivity index (χ2n) is 7.16. The van der Waals surface area contributed by atoms with Crippen molar-refractivity contribution in [2.45, 2.75) is 19.4 Å². The van der Waals surface area contributed by atoms with Gasteiger partial charge in [0.1, 0.15) is 0 Å². The van der Waals surface area contributed by atoms with Crippen molar-refractivity contribution in [3.8, 4) is 11.3 Å². The fourth-order valence-electron chi connectivity index (χ4n) is 3.96. The van der Waals surface area contributed by atoms with Crippen molar-refractivity contribution in [3.05, 3.63) is 60.7 Å². The summed E-state index contributed by atoms with van der Waals surface area (Å²) in [7, 11) is 0. The summed E-state index contributed by atoms with van der Waals surface area (Å²) in [5.41, 5.74) is 4.45. The minimum absolute atomic E-state index is 0.117. The molecule has 0 spiro atoms. The van der Waals surface area contributed by atoms with Gasteiger partial charge in [-0.1, -0.05) is 0 Å². The Morgan fingerprint density at radius 2 is 2.14 bits per heavy atom. The van der Waals surface area contributed by atoms with Crippen LogP contribution in [-0.4, -0.2) is 40.1 Å². The van der Waals surface area contributed by atoms with Crippen LogP contribution in [0.2, 0.25) is 0 Å². The lowest BCUT2D eigenvalue weighted by Gasteiger charge is -2.35. The fourth-order valence-corrected chi connectivity index (χ4v) is 3.96. The molecule has 7 heteroatoms. The van der Waals surface area contributed by atoms with E-state index in [0.29, 0.717) is 11.5 Å². The predicted octanol–water partition coefficient (Wildman–Crippen LogP) is 3.48. The van der Waals surface area contributed by atoms with Crippen molar-refractivity contribution in [1.29, 1.82) is 0 Å². The van der Waals surface area contributed by atoms with Crippen LogP contribution in [0.25, 0.3) is 11.3 Å². The number of anilines is 3. The van der Waals surface area contributed by atoms with Gasteiger partial charge in [-0.25, -0.2) is 9.78 Å². The van der Waals surface area contributed by atoms with Crippen LogP contribution < -0.4 is 15.1 Å². The van der Waals surface area contributed by atoms with Crippen LogP contribution in [0.3, 0.4) is 0 Å². The van der Waals surface area contributed by atoms with Crippen LogP contribution >= 0.6 is 0 Å². The Balaban J connectivity index is 1.54. The number of fused-ring (bicyclic) bond motifs is 4. The van der Waals surface area contributed by atoms with Gasteiger partial charge in [0, 0.05) is 36.7 Å². The second kappa shape index (κ2) is 6.60. The first-order chi connectivity index (χ1) is 13.7. The Morgan fingerprint density at radius 1 is 1.21 bits per heavy atom. The number of carbonyl (C=O) groups is 1. The number of hydrogen-bond donors (Lipinski definition) is 1. The number of amides is 2. The number of hydrogen-bond acceptors (Lipinski definition) is 5. The third-order valence-electron chi connectivity index (χ3n) is 5.28. The van der Waals surface area contributed by atoms with Crippen LogP contribution in [-0.2, 0) is 0 Å². The molecular formula is C21H20N6O. The fraction of sp³-hybridized carbons (Fsp3) is 0.238. The van der Waals surface area contributed by atoms with Crippen molar-refractivity contribution in [1.82, 2.24) is 15.0 Å². The zero-order chi connectivity index (χ0) is 19.1. The van der Waals surface area contributed by atoms with Gasteiger partial charge < -0.3 is 10.2 Å². The number of carbonyl (C=O) groups excluding carboxylic acids is 1. The van der Waals surface area contributed by atoms with Gasteiger partial charge in [0.2, 0.25) is 0 Å². The lowest BCUT2D eigenvalue weighted by molar-refractivity contribution is 0.255. The summed E-state index contributed by atoms with van der Waals surface area (Å²) >= 11 is 0.